The lowest BCUT2D eigenvalue weighted by Gasteiger charge is -2.29. The minimum atomic E-state index is 0.743. The van der Waals surface area contributed by atoms with Crippen LogP contribution in [-0.4, -0.2) is 24.7 Å². The lowest BCUT2D eigenvalue weighted by Crippen LogP contribution is -2.45. The number of nitrogens with one attached hydrogen (secondary N) is 2. The average Bonchev–Trinajstić information content (AvgIpc) is 2.95. The van der Waals surface area contributed by atoms with Gasteiger partial charge in [-0.05, 0) is 51.0 Å². The first-order chi connectivity index (χ1) is 7.85. The third-order valence-electron chi connectivity index (χ3n) is 4.62. The van der Waals surface area contributed by atoms with Crippen molar-refractivity contribution >= 4 is 0 Å². The van der Waals surface area contributed by atoms with Gasteiger partial charge in [0.1, 0.15) is 0 Å². The summed E-state index contributed by atoms with van der Waals surface area (Å²) in [6, 6.07) is 2.35. The molecule has 0 aromatic carbocycles. The quantitative estimate of drug-likeness (QED) is 0.750. The van der Waals surface area contributed by atoms with Gasteiger partial charge < -0.3 is 10.6 Å². The van der Waals surface area contributed by atoms with Crippen molar-refractivity contribution in [2.75, 3.05) is 6.54 Å². The fraction of sp³-hybridized carbons (Fsp3) is 1.00. The van der Waals surface area contributed by atoms with Crippen LogP contribution in [0.2, 0.25) is 0 Å². The van der Waals surface area contributed by atoms with E-state index in [1.54, 1.807) is 0 Å². The van der Waals surface area contributed by atoms with Crippen molar-refractivity contribution in [1.82, 2.24) is 10.6 Å². The predicted octanol–water partition coefficient (Wildman–Crippen LogP) is 2.69. The maximum atomic E-state index is 3.90. The summed E-state index contributed by atoms with van der Waals surface area (Å²) in [7, 11) is 0. The van der Waals surface area contributed by atoms with Crippen LogP contribution in [-0.2, 0) is 0 Å². The second-order valence-corrected chi connectivity index (χ2v) is 5.58. The topological polar surface area (TPSA) is 24.1 Å². The first-order valence-electron chi connectivity index (χ1n) is 7.34. The van der Waals surface area contributed by atoms with E-state index in [2.05, 4.69) is 24.5 Å². The number of hydrogen-bond acceptors (Lipinski definition) is 2. The summed E-state index contributed by atoms with van der Waals surface area (Å²) in [4.78, 5) is 0. The van der Waals surface area contributed by atoms with Crippen LogP contribution in [0.1, 0.15) is 58.8 Å². The molecule has 2 nitrogen and oxygen atoms in total. The van der Waals surface area contributed by atoms with Crippen LogP contribution in [0, 0.1) is 5.92 Å². The van der Waals surface area contributed by atoms with E-state index < -0.39 is 0 Å². The molecule has 2 aliphatic rings. The molecule has 1 aliphatic heterocycles. The number of rotatable bonds is 5. The molecule has 0 radical (unpaired) electrons. The molecule has 0 amide bonds. The monoisotopic (exact) mass is 224 g/mol. The second kappa shape index (κ2) is 6.02. The van der Waals surface area contributed by atoms with E-state index in [0.717, 1.165) is 24.0 Å². The van der Waals surface area contributed by atoms with Gasteiger partial charge in [-0.15, -0.1) is 0 Å². The van der Waals surface area contributed by atoms with Gasteiger partial charge >= 0.3 is 0 Å². The fourth-order valence-electron chi connectivity index (χ4n) is 3.58. The molecule has 0 spiro atoms. The Labute approximate surface area is 101 Å². The zero-order valence-corrected chi connectivity index (χ0v) is 11.0. The Hall–Kier alpha value is -0.0800. The van der Waals surface area contributed by atoms with Crippen molar-refractivity contribution in [3.8, 4) is 0 Å². The Balaban J connectivity index is 1.87. The maximum absolute atomic E-state index is 3.90. The summed E-state index contributed by atoms with van der Waals surface area (Å²) >= 11 is 0. The molecule has 1 saturated carbocycles. The molecule has 1 heterocycles. The molecule has 0 bridgehead atoms. The molecule has 3 atom stereocenters. The molecule has 2 fully saturated rings. The summed E-state index contributed by atoms with van der Waals surface area (Å²) in [5.74, 6) is 0.906. The van der Waals surface area contributed by atoms with Crippen LogP contribution in [0.25, 0.3) is 0 Å². The Kier molecular flexibility index (Phi) is 4.66. The van der Waals surface area contributed by atoms with Crippen molar-refractivity contribution in [1.29, 1.82) is 0 Å². The van der Waals surface area contributed by atoms with Crippen LogP contribution in [0.15, 0.2) is 0 Å². The second-order valence-electron chi connectivity index (χ2n) is 5.58. The van der Waals surface area contributed by atoms with Crippen LogP contribution in [0.5, 0.6) is 0 Å². The Morgan fingerprint density at radius 1 is 1.12 bits per heavy atom. The fourth-order valence-corrected chi connectivity index (χ4v) is 3.58. The molecule has 3 unspecified atom stereocenters. The van der Waals surface area contributed by atoms with E-state index >= 15 is 0 Å². The normalized spacial score (nSPS) is 35.1. The van der Waals surface area contributed by atoms with Gasteiger partial charge in [0.25, 0.3) is 0 Å². The molecule has 1 saturated heterocycles. The zero-order valence-electron chi connectivity index (χ0n) is 11.0. The highest BCUT2D eigenvalue weighted by molar-refractivity contribution is 4.94. The van der Waals surface area contributed by atoms with E-state index in [-0.39, 0.29) is 0 Å². The standard InChI is InChI=1S/C14H28N2/c1-3-11(4-2)16-14-8-5-7-12(14)13-9-6-10-15-13/h11-16H,3-10H2,1-2H3. The largest absolute Gasteiger partial charge is 0.314 e. The van der Waals surface area contributed by atoms with Crippen LogP contribution in [0.4, 0.5) is 0 Å². The first-order valence-corrected chi connectivity index (χ1v) is 7.34. The summed E-state index contributed by atoms with van der Waals surface area (Å²) < 4.78 is 0. The summed E-state index contributed by atoms with van der Waals surface area (Å²) in [6.45, 7) is 5.86. The SMILES string of the molecule is CCC(CC)NC1CCCC1C1CCCN1. The van der Waals surface area contributed by atoms with Crippen LogP contribution >= 0.6 is 0 Å². The molecule has 2 N–H and O–H groups in total. The predicted molar refractivity (Wildman–Crippen MR) is 69.7 cm³/mol. The maximum Gasteiger partial charge on any atom is 0.0113 e. The highest BCUT2D eigenvalue weighted by Gasteiger charge is 2.35. The minimum absolute atomic E-state index is 0.743. The van der Waals surface area contributed by atoms with E-state index in [1.807, 2.05) is 0 Å². The Morgan fingerprint density at radius 2 is 1.94 bits per heavy atom. The molecule has 16 heavy (non-hydrogen) atoms. The summed E-state index contributed by atoms with van der Waals surface area (Å²) in [5, 5.41) is 7.60. The Morgan fingerprint density at radius 3 is 2.56 bits per heavy atom. The Bertz CT molecular complexity index is 195. The van der Waals surface area contributed by atoms with Gasteiger partial charge in [-0.2, -0.15) is 0 Å². The summed E-state index contributed by atoms with van der Waals surface area (Å²) in [6.07, 6.45) is 9.62. The zero-order chi connectivity index (χ0) is 11.4. The van der Waals surface area contributed by atoms with E-state index in [4.69, 9.17) is 0 Å². The summed E-state index contributed by atoms with van der Waals surface area (Å²) in [5.41, 5.74) is 0. The highest BCUT2D eigenvalue weighted by Crippen LogP contribution is 2.32. The van der Waals surface area contributed by atoms with E-state index in [0.29, 0.717) is 0 Å². The molecule has 94 valence electrons. The van der Waals surface area contributed by atoms with Gasteiger partial charge in [-0.1, -0.05) is 20.3 Å². The van der Waals surface area contributed by atoms with Crippen molar-refractivity contribution in [2.24, 2.45) is 5.92 Å². The molecule has 0 aromatic rings. The lowest BCUT2D eigenvalue weighted by molar-refractivity contribution is 0.291. The lowest BCUT2D eigenvalue weighted by atomic mass is 9.92. The number of hydrogen-bond donors (Lipinski definition) is 2. The van der Waals surface area contributed by atoms with Crippen molar-refractivity contribution in [3.63, 3.8) is 0 Å². The smallest absolute Gasteiger partial charge is 0.0113 e. The van der Waals surface area contributed by atoms with Gasteiger partial charge in [0.2, 0.25) is 0 Å². The van der Waals surface area contributed by atoms with Gasteiger partial charge in [-0.3, -0.25) is 0 Å². The molecule has 2 rings (SSSR count). The molecule has 1 aliphatic carbocycles. The van der Waals surface area contributed by atoms with Crippen molar-refractivity contribution in [2.45, 2.75) is 76.9 Å². The van der Waals surface area contributed by atoms with Crippen molar-refractivity contribution in [3.05, 3.63) is 0 Å². The first kappa shape index (κ1) is 12.4. The molecule has 0 aromatic heterocycles. The molecular formula is C14H28N2. The van der Waals surface area contributed by atoms with Gasteiger partial charge in [0, 0.05) is 18.1 Å². The third kappa shape index (κ3) is 2.78. The van der Waals surface area contributed by atoms with Crippen LogP contribution < -0.4 is 10.6 Å². The van der Waals surface area contributed by atoms with Gasteiger partial charge in [-0.25, -0.2) is 0 Å². The van der Waals surface area contributed by atoms with Gasteiger partial charge in [0.15, 0.2) is 0 Å². The minimum Gasteiger partial charge on any atom is -0.314 e. The molecular weight excluding hydrogens is 196 g/mol. The van der Waals surface area contributed by atoms with Crippen molar-refractivity contribution < 1.29 is 0 Å². The van der Waals surface area contributed by atoms with Crippen LogP contribution in [0.3, 0.4) is 0 Å². The molecule has 2 heteroatoms. The highest BCUT2D eigenvalue weighted by atomic mass is 15.0. The average molecular weight is 224 g/mol. The van der Waals surface area contributed by atoms with E-state index in [1.165, 1.54) is 51.5 Å². The van der Waals surface area contributed by atoms with Gasteiger partial charge in [0.05, 0.1) is 0 Å². The third-order valence-corrected chi connectivity index (χ3v) is 4.62. The van der Waals surface area contributed by atoms with E-state index in [9.17, 15) is 0 Å².